The molecule has 3 rings (SSSR count). The molecule has 3 nitrogen and oxygen atoms in total. The fraction of sp³-hybridized carbons (Fsp3) is 0.400. The van der Waals surface area contributed by atoms with E-state index in [4.69, 9.17) is 34.8 Å². The van der Waals surface area contributed by atoms with Gasteiger partial charge in [0.25, 0.3) is 5.91 Å². The first-order chi connectivity index (χ1) is 10.5. The smallest absolute Gasteiger partial charge is 0.263 e. The van der Waals surface area contributed by atoms with Crippen molar-refractivity contribution in [3.05, 3.63) is 32.1 Å². The number of fused-ring (bicyclic) bond motifs is 1. The standard InChI is InChI=1S/C15H15Cl3N2OS.ClH/c1-7-4-9(2-3-19-7)20-15(21)14-13(18)12-10(17)5-8(16)6-11(12)22-14;/h5-7,9,19H,2-4H2,1H3,(H,20,21);1H. The van der Waals surface area contributed by atoms with E-state index >= 15 is 0 Å². The second-order valence-corrected chi connectivity index (χ2v) is 7.83. The number of hydrogen-bond acceptors (Lipinski definition) is 3. The largest absolute Gasteiger partial charge is 0.348 e. The van der Waals surface area contributed by atoms with Crippen molar-refractivity contribution in [1.82, 2.24) is 10.6 Å². The van der Waals surface area contributed by atoms with Gasteiger partial charge in [0.1, 0.15) is 4.88 Å². The van der Waals surface area contributed by atoms with Crippen LogP contribution >= 0.6 is 58.5 Å². The molecule has 0 radical (unpaired) electrons. The quantitative estimate of drug-likeness (QED) is 0.714. The summed E-state index contributed by atoms with van der Waals surface area (Å²) in [5.74, 6) is -0.141. The molecule has 0 bridgehead atoms. The van der Waals surface area contributed by atoms with Crippen LogP contribution in [0, 0.1) is 0 Å². The molecule has 2 aromatic rings. The lowest BCUT2D eigenvalue weighted by Crippen LogP contribution is -2.46. The molecule has 1 aliphatic heterocycles. The zero-order valence-corrected chi connectivity index (χ0v) is 16.2. The van der Waals surface area contributed by atoms with E-state index in [0.29, 0.717) is 31.4 Å². The topological polar surface area (TPSA) is 41.1 Å². The van der Waals surface area contributed by atoms with Crippen molar-refractivity contribution in [1.29, 1.82) is 0 Å². The average molecular weight is 414 g/mol. The predicted molar refractivity (Wildman–Crippen MR) is 102 cm³/mol. The summed E-state index contributed by atoms with van der Waals surface area (Å²) in [6, 6.07) is 4.00. The Balaban J connectivity index is 0.00000192. The Bertz CT molecular complexity index is 734. The van der Waals surface area contributed by atoms with Gasteiger partial charge >= 0.3 is 0 Å². The zero-order valence-electron chi connectivity index (χ0n) is 12.3. The number of carbonyl (C=O) groups excluding carboxylic acids is 1. The van der Waals surface area contributed by atoms with Crippen molar-refractivity contribution in [2.75, 3.05) is 6.54 Å². The molecule has 0 spiro atoms. The molecule has 0 aliphatic carbocycles. The summed E-state index contributed by atoms with van der Waals surface area (Å²) in [4.78, 5) is 13.0. The highest BCUT2D eigenvalue weighted by Gasteiger charge is 2.24. The van der Waals surface area contributed by atoms with Crippen LogP contribution < -0.4 is 10.6 Å². The van der Waals surface area contributed by atoms with Gasteiger partial charge in [-0.2, -0.15) is 0 Å². The molecule has 1 aromatic carbocycles. The van der Waals surface area contributed by atoms with Crippen LogP contribution in [0.3, 0.4) is 0 Å². The number of thiophene rings is 1. The van der Waals surface area contributed by atoms with E-state index in [1.54, 1.807) is 12.1 Å². The van der Waals surface area contributed by atoms with Crippen molar-refractivity contribution < 1.29 is 4.79 Å². The molecule has 126 valence electrons. The van der Waals surface area contributed by atoms with Crippen LogP contribution in [0.5, 0.6) is 0 Å². The van der Waals surface area contributed by atoms with Gasteiger partial charge in [-0.15, -0.1) is 23.7 Å². The Kier molecular flexibility index (Phi) is 6.45. The van der Waals surface area contributed by atoms with Gasteiger partial charge in [-0.3, -0.25) is 4.79 Å². The molecule has 8 heteroatoms. The number of amides is 1. The molecular formula is C15H16Cl4N2OS. The molecule has 1 saturated heterocycles. The van der Waals surface area contributed by atoms with E-state index in [9.17, 15) is 4.79 Å². The maximum absolute atomic E-state index is 12.5. The third-order valence-corrected chi connectivity index (χ3v) is 5.96. The molecule has 1 amide bonds. The first-order valence-electron chi connectivity index (χ1n) is 7.07. The molecule has 23 heavy (non-hydrogen) atoms. The van der Waals surface area contributed by atoms with E-state index in [-0.39, 0.29) is 24.4 Å². The van der Waals surface area contributed by atoms with E-state index in [1.807, 2.05) is 0 Å². The Hall–Kier alpha value is -0.230. The Labute approximate surface area is 160 Å². The molecule has 1 aromatic heterocycles. The van der Waals surface area contributed by atoms with Crippen molar-refractivity contribution >= 4 is 74.5 Å². The van der Waals surface area contributed by atoms with Crippen LogP contribution in [-0.2, 0) is 0 Å². The number of piperidine rings is 1. The third-order valence-electron chi connectivity index (χ3n) is 3.81. The number of benzene rings is 1. The molecule has 2 unspecified atom stereocenters. The highest BCUT2D eigenvalue weighted by atomic mass is 35.5. The van der Waals surface area contributed by atoms with Crippen LogP contribution in [0.2, 0.25) is 15.1 Å². The van der Waals surface area contributed by atoms with Gasteiger partial charge in [-0.05, 0) is 38.4 Å². The van der Waals surface area contributed by atoms with Crippen molar-refractivity contribution in [3.63, 3.8) is 0 Å². The Morgan fingerprint density at radius 2 is 2.09 bits per heavy atom. The monoisotopic (exact) mass is 412 g/mol. The Morgan fingerprint density at radius 3 is 2.78 bits per heavy atom. The van der Waals surface area contributed by atoms with Gasteiger partial charge in [-0.1, -0.05) is 34.8 Å². The normalized spacial score (nSPS) is 21.0. The Morgan fingerprint density at radius 1 is 1.35 bits per heavy atom. The number of rotatable bonds is 2. The second kappa shape index (κ2) is 7.77. The van der Waals surface area contributed by atoms with Crippen LogP contribution in [-0.4, -0.2) is 24.5 Å². The summed E-state index contributed by atoms with van der Waals surface area (Å²) in [6.07, 6.45) is 1.84. The van der Waals surface area contributed by atoms with Crippen LogP contribution in [0.4, 0.5) is 0 Å². The van der Waals surface area contributed by atoms with Gasteiger partial charge in [0.15, 0.2) is 0 Å². The van der Waals surface area contributed by atoms with E-state index in [2.05, 4.69) is 17.6 Å². The molecule has 0 saturated carbocycles. The maximum atomic E-state index is 12.5. The number of hydrogen-bond donors (Lipinski definition) is 2. The van der Waals surface area contributed by atoms with E-state index in [0.717, 1.165) is 24.1 Å². The van der Waals surface area contributed by atoms with Gasteiger partial charge in [0.05, 0.1) is 10.0 Å². The summed E-state index contributed by atoms with van der Waals surface area (Å²) in [7, 11) is 0. The minimum Gasteiger partial charge on any atom is -0.348 e. The fourth-order valence-electron chi connectivity index (χ4n) is 2.77. The second-order valence-electron chi connectivity index (χ2n) is 5.56. The van der Waals surface area contributed by atoms with Gasteiger partial charge < -0.3 is 10.6 Å². The highest BCUT2D eigenvalue weighted by Crippen LogP contribution is 2.41. The number of carbonyl (C=O) groups is 1. The molecule has 2 atom stereocenters. The minimum absolute atomic E-state index is 0. The zero-order chi connectivity index (χ0) is 15.9. The van der Waals surface area contributed by atoms with E-state index in [1.165, 1.54) is 11.3 Å². The molecule has 2 heterocycles. The summed E-state index contributed by atoms with van der Waals surface area (Å²) < 4.78 is 0.825. The number of halogens is 4. The summed E-state index contributed by atoms with van der Waals surface area (Å²) in [5, 5.41) is 8.54. The third kappa shape index (κ3) is 4.06. The minimum atomic E-state index is -0.141. The molecule has 1 aliphatic rings. The number of nitrogens with one attached hydrogen (secondary N) is 2. The summed E-state index contributed by atoms with van der Waals surface area (Å²) in [6.45, 7) is 3.03. The lowest BCUT2D eigenvalue weighted by Gasteiger charge is -2.28. The van der Waals surface area contributed by atoms with Gasteiger partial charge in [-0.25, -0.2) is 0 Å². The van der Waals surface area contributed by atoms with Crippen molar-refractivity contribution in [3.8, 4) is 0 Å². The molecular weight excluding hydrogens is 398 g/mol. The maximum Gasteiger partial charge on any atom is 0.263 e. The lowest BCUT2D eigenvalue weighted by molar-refractivity contribution is 0.0930. The van der Waals surface area contributed by atoms with Gasteiger partial charge in [0, 0.05) is 27.2 Å². The first-order valence-corrected chi connectivity index (χ1v) is 9.02. The molecule has 2 N–H and O–H groups in total. The first kappa shape index (κ1) is 19.1. The predicted octanol–water partition coefficient (Wildman–Crippen LogP) is 5.15. The molecule has 1 fully saturated rings. The van der Waals surface area contributed by atoms with Crippen LogP contribution in [0.15, 0.2) is 12.1 Å². The summed E-state index contributed by atoms with van der Waals surface area (Å²) in [5.41, 5.74) is 0. The SMILES string of the molecule is CC1CC(NC(=O)c2sc3cc(Cl)cc(Cl)c3c2Cl)CCN1.Cl. The fourth-order valence-corrected chi connectivity index (χ4v) is 5.05. The van der Waals surface area contributed by atoms with Crippen LogP contribution in [0.1, 0.15) is 29.4 Å². The lowest BCUT2D eigenvalue weighted by atomic mass is 10.0. The van der Waals surface area contributed by atoms with Gasteiger partial charge in [0.2, 0.25) is 0 Å². The van der Waals surface area contributed by atoms with Crippen molar-refractivity contribution in [2.24, 2.45) is 0 Å². The summed E-state index contributed by atoms with van der Waals surface area (Å²) >= 11 is 19.9. The van der Waals surface area contributed by atoms with Crippen molar-refractivity contribution in [2.45, 2.75) is 31.8 Å². The highest BCUT2D eigenvalue weighted by molar-refractivity contribution is 7.21. The van der Waals surface area contributed by atoms with Crippen LogP contribution in [0.25, 0.3) is 10.1 Å². The van der Waals surface area contributed by atoms with E-state index < -0.39 is 0 Å². The average Bonchev–Trinajstić information content (AvgIpc) is 2.76.